The first-order valence-corrected chi connectivity index (χ1v) is 11.5. The number of benzene rings is 3. The molecule has 0 spiro atoms. The average Bonchev–Trinajstić information content (AvgIpc) is 3.05. The SMILES string of the molecule is CC(=O)Nc1ccc(NC(=O)c2ccc(C)c(NC3=C(Cl)C(=O)N(c4ccc(Cl)cc4)C3=O)c2)cc1. The standard InChI is InChI=1S/C26H20Cl2N4O4/c1-14-3-4-16(24(34)30-19-9-7-18(8-10-19)29-15(2)33)13-21(14)31-23-22(28)25(35)32(26(23)36)20-11-5-17(27)6-12-20/h3-13,31H,1-2H3,(H,29,33)(H,30,34). The van der Waals surface area contributed by atoms with Crippen molar-refractivity contribution in [1.29, 1.82) is 0 Å². The van der Waals surface area contributed by atoms with Crippen LogP contribution in [0.4, 0.5) is 22.7 Å². The smallest absolute Gasteiger partial charge is 0.283 e. The zero-order valence-electron chi connectivity index (χ0n) is 19.2. The van der Waals surface area contributed by atoms with Crippen LogP contribution in [-0.2, 0) is 14.4 Å². The van der Waals surface area contributed by atoms with Gasteiger partial charge in [-0.15, -0.1) is 0 Å². The third-order valence-corrected chi connectivity index (χ3v) is 5.94. The summed E-state index contributed by atoms with van der Waals surface area (Å²) in [6.07, 6.45) is 0. The van der Waals surface area contributed by atoms with Crippen LogP contribution in [0.5, 0.6) is 0 Å². The number of nitrogens with one attached hydrogen (secondary N) is 3. The molecular formula is C26H20Cl2N4O4. The monoisotopic (exact) mass is 522 g/mol. The molecule has 0 radical (unpaired) electrons. The van der Waals surface area contributed by atoms with E-state index < -0.39 is 11.8 Å². The highest BCUT2D eigenvalue weighted by atomic mass is 35.5. The molecule has 3 aromatic rings. The number of halogens is 2. The molecule has 3 N–H and O–H groups in total. The van der Waals surface area contributed by atoms with E-state index in [-0.39, 0.29) is 22.5 Å². The molecule has 4 amide bonds. The Balaban J connectivity index is 1.52. The molecule has 0 bridgehead atoms. The van der Waals surface area contributed by atoms with Crippen LogP contribution in [0.3, 0.4) is 0 Å². The van der Waals surface area contributed by atoms with Gasteiger partial charge in [-0.1, -0.05) is 29.3 Å². The number of hydrogen-bond acceptors (Lipinski definition) is 5. The van der Waals surface area contributed by atoms with E-state index in [0.29, 0.717) is 33.3 Å². The lowest BCUT2D eigenvalue weighted by Crippen LogP contribution is -2.32. The molecule has 0 unspecified atom stereocenters. The first-order valence-electron chi connectivity index (χ1n) is 10.7. The fourth-order valence-corrected chi connectivity index (χ4v) is 3.85. The highest BCUT2D eigenvalue weighted by molar-refractivity contribution is 6.53. The molecule has 0 aromatic heterocycles. The molecule has 10 heteroatoms. The van der Waals surface area contributed by atoms with Crippen LogP contribution in [0.25, 0.3) is 0 Å². The van der Waals surface area contributed by atoms with Crippen LogP contribution >= 0.6 is 23.2 Å². The summed E-state index contributed by atoms with van der Waals surface area (Å²) in [5.41, 5.74) is 2.87. The molecule has 4 rings (SSSR count). The van der Waals surface area contributed by atoms with Gasteiger partial charge in [0.15, 0.2) is 0 Å². The summed E-state index contributed by atoms with van der Waals surface area (Å²) in [6.45, 7) is 3.20. The zero-order chi connectivity index (χ0) is 26.0. The lowest BCUT2D eigenvalue weighted by molar-refractivity contribution is -0.120. The van der Waals surface area contributed by atoms with Gasteiger partial charge in [0, 0.05) is 34.6 Å². The van der Waals surface area contributed by atoms with Crippen molar-refractivity contribution in [2.24, 2.45) is 0 Å². The second-order valence-corrected chi connectivity index (χ2v) is 8.79. The Morgan fingerprint density at radius 2 is 1.42 bits per heavy atom. The maximum atomic E-state index is 13.0. The summed E-state index contributed by atoms with van der Waals surface area (Å²) in [6, 6.07) is 17.8. The fourth-order valence-electron chi connectivity index (χ4n) is 3.51. The maximum absolute atomic E-state index is 13.0. The molecule has 1 aliphatic rings. The van der Waals surface area contributed by atoms with Crippen molar-refractivity contribution in [2.75, 3.05) is 20.9 Å². The second kappa shape index (κ2) is 10.2. The van der Waals surface area contributed by atoms with Gasteiger partial charge in [0.1, 0.15) is 10.7 Å². The van der Waals surface area contributed by atoms with Crippen molar-refractivity contribution in [2.45, 2.75) is 13.8 Å². The number of carbonyl (C=O) groups is 4. The van der Waals surface area contributed by atoms with Crippen LogP contribution in [0.2, 0.25) is 5.02 Å². The molecule has 36 heavy (non-hydrogen) atoms. The first-order chi connectivity index (χ1) is 17.1. The minimum atomic E-state index is -0.666. The number of imide groups is 1. The van der Waals surface area contributed by atoms with E-state index in [1.807, 2.05) is 0 Å². The van der Waals surface area contributed by atoms with Gasteiger partial charge in [-0.2, -0.15) is 0 Å². The van der Waals surface area contributed by atoms with Crippen molar-refractivity contribution < 1.29 is 19.2 Å². The molecule has 0 saturated heterocycles. The van der Waals surface area contributed by atoms with E-state index in [2.05, 4.69) is 16.0 Å². The highest BCUT2D eigenvalue weighted by Gasteiger charge is 2.39. The Morgan fingerprint density at radius 1 is 0.806 bits per heavy atom. The minimum absolute atomic E-state index is 0.0918. The van der Waals surface area contributed by atoms with Gasteiger partial charge in [0.05, 0.1) is 5.69 Å². The topological polar surface area (TPSA) is 108 Å². The molecule has 1 heterocycles. The summed E-state index contributed by atoms with van der Waals surface area (Å²) >= 11 is 12.1. The normalized spacial score (nSPS) is 13.2. The third-order valence-electron chi connectivity index (χ3n) is 5.33. The van der Waals surface area contributed by atoms with Crippen LogP contribution in [0, 0.1) is 6.92 Å². The van der Waals surface area contributed by atoms with Crippen molar-refractivity contribution in [3.63, 3.8) is 0 Å². The Bertz CT molecular complexity index is 1420. The van der Waals surface area contributed by atoms with E-state index in [4.69, 9.17) is 23.2 Å². The van der Waals surface area contributed by atoms with Crippen molar-refractivity contribution >= 4 is 69.6 Å². The van der Waals surface area contributed by atoms with Crippen LogP contribution in [0.15, 0.2) is 77.5 Å². The zero-order valence-corrected chi connectivity index (χ0v) is 20.7. The number of carbonyl (C=O) groups excluding carboxylic acids is 4. The van der Waals surface area contributed by atoms with Gasteiger partial charge < -0.3 is 16.0 Å². The Kier molecular flexibility index (Phi) is 7.10. The predicted octanol–water partition coefficient (Wildman–Crippen LogP) is 5.29. The van der Waals surface area contributed by atoms with Crippen LogP contribution < -0.4 is 20.9 Å². The Labute approximate surface area is 216 Å². The van der Waals surface area contributed by atoms with E-state index in [0.717, 1.165) is 10.5 Å². The van der Waals surface area contributed by atoms with E-state index >= 15 is 0 Å². The highest BCUT2D eigenvalue weighted by Crippen LogP contribution is 2.31. The Hall–Kier alpha value is -4.14. The lowest BCUT2D eigenvalue weighted by atomic mass is 10.1. The number of aryl methyl sites for hydroxylation is 1. The average molecular weight is 523 g/mol. The molecule has 0 atom stereocenters. The number of hydrogen-bond donors (Lipinski definition) is 3. The fraction of sp³-hybridized carbons (Fsp3) is 0.0769. The molecule has 0 aliphatic carbocycles. The quantitative estimate of drug-likeness (QED) is 0.381. The van der Waals surface area contributed by atoms with Gasteiger partial charge in [-0.05, 0) is 73.2 Å². The molecule has 182 valence electrons. The van der Waals surface area contributed by atoms with Crippen LogP contribution in [0.1, 0.15) is 22.8 Å². The molecule has 3 aromatic carbocycles. The first kappa shape index (κ1) is 25.0. The number of nitrogens with zero attached hydrogens (tertiary/aromatic N) is 1. The minimum Gasteiger partial charge on any atom is -0.349 e. The predicted molar refractivity (Wildman–Crippen MR) is 140 cm³/mol. The molecule has 0 fully saturated rings. The van der Waals surface area contributed by atoms with Crippen LogP contribution in [-0.4, -0.2) is 23.6 Å². The van der Waals surface area contributed by atoms with E-state index in [1.54, 1.807) is 73.7 Å². The number of rotatable bonds is 6. The lowest BCUT2D eigenvalue weighted by Gasteiger charge is -2.16. The van der Waals surface area contributed by atoms with E-state index in [1.165, 1.54) is 6.92 Å². The molecule has 1 aliphatic heterocycles. The van der Waals surface area contributed by atoms with Gasteiger partial charge in [0.25, 0.3) is 17.7 Å². The molecule has 8 nitrogen and oxygen atoms in total. The largest absolute Gasteiger partial charge is 0.349 e. The summed E-state index contributed by atoms with van der Waals surface area (Å²) in [5.74, 6) is -1.87. The van der Waals surface area contributed by atoms with Gasteiger partial charge in [-0.3, -0.25) is 19.2 Å². The summed E-state index contributed by atoms with van der Waals surface area (Å²) in [7, 11) is 0. The van der Waals surface area contributed by atoms with Crippen molar-refractivity contribution in [3.05, 3.63) is 93.6 Å². The molecular weight excluding hydrogens is 503 g/mol. The van der Waals surface area contributed by atoms with Gasteiger partial charge in [-0.25, -0.2) is 4.90 Å². The summed E-state index contributed by atoms with van der Waals surface area (Å²) < 4.78 is 0. The second-order valence-electron chi connectivity index (χ2n) is 7.98. The van der Waals surface area contributed by atoms with Gasteiger partial charge >= 0.3 is 0 Å². The Morgan fingerprint density at radius 3 is 2.03 bits per heavy atom. The van der Waals surface area contributed by atoms with Crippen molar-refractivity contribution in [1.82, 2.24) is 0 Å². The number of amides is 4. The summed E-state index contributed by atoms with van der Waals surface area (Å²) in [5, 5.41) is 8.56. The van der Waals surface area contributed by atoms with E-state index in [9.17, 15) is 19.2 Å². The molecule has 0 saturated carbocycles. The maximum Gasteiger partial charge on any atom is 0.283 e. The summed E-state index contributed by atoms with van der Waals surface area (Å²) in [4.78, 5) is 50.7. The number of anilines is 4. The third kappa shape index (κ3) is 5.25. The van der Waals surface area contributed by atoms with Crippen molar-refractivity contribution in [3.8, 4) is 0 Å². The van der Waals surface area contributed by atoms with Gasteiger partial charge in [0.2, 0.25) is 5.91 Å².